The fourth-order valence-electron chi connectivity index (χ4n) is 2.82. The Hall–Kier alpha value is -3.39. The minimum Gasteiger partial charge on any atom is -0.497 e. The molecule has 1 aromatic heterocycles. The lowest BCUT2D eigenvalue weighted by Gasteiger charge is -2.09. The predicted molar refractivity (Wildman–Crippen MR) is 106 cm³/mol. The molecule has 0 bridgehead atoms. The molecule has 1 aliphatic rings. The number of carbonyl (C=O) groups excluding carboxylic acids is 2. The van der Waals surface area contributed by atoms with Crippen LogP contribution >= 0.6 is 11.8 Å². The summed E-state index contributed by atoms with van der Waals surface area (Å²) in [6.07, 6.45) is 1.50. The number of amides is 3. The van der Waals surface area contributed by atoms with Crippen LogP contribution in [0.5, 0.6) is 11.5 Å². The summed E-state index contributed by atoms with van der Waals surface area (Å²) in [4.78, 5) is 24.9. The van der Waals surface area contributed by atoms with Gasteiger partial charge in [-0.25, -0.2) is 4.79 Å². The molecule has 0 radical (unpaired) electrons. The van der Waals surface area contributed by atoms with Crippen LogP contribution in [0, 0.1) is 0 Å². The molecule has 3 amide bonds. The molecule has 1 atom stereocenters. The lowest BCUT2D eigenvalue weighted by molar-refractivity contribution is -0.120. The summed E-state index contributed by atoms with van der Waals surface area (Å²) in [6, 6.07) is 15.8. The smallest absolute Gasteiger partial charge is 0.322 e. The lowest BCUT2D eigenvalue weighted by Crippen LogP contribution is -2.22. The van der Waals surface area contributed by atoms with Crippen molar-refractivity contribution in [1.29, 1.82) is 0 Å². The van der Waals surface area contributed by atoms with Crippen molar-refractivity contribution < 1.29 is 23.5 Å². The van der Waals surface area contributed by atoms with E-state index in [9.17, 15) is 9.59 Å². The highest BCUT2D eigenvalue weighted by Gasteiger charge is 2.35. The molecule has 1 saturated heterocycles. The quantitative estimate of drug-likeness (QED) is 0.574. The number of carbonyl (C=O) groups is 2. The molecular formula is C21H18N2O5S. The van der Waals surface area contributed by atoms with E-state index in [0.29, 0.717) is 12.4 Å². The maximum absolute atomic E-state index is 11.9. The van der Waals surface area contributed by atoms with Crippen LogP contribution in [0.15, 0.2) is 75.1 Å². The fraction of sp³-hybridized carbons (Fsp3) is 0.143. The van der Waals surface area contributed by atoms with Crippen LogP contribution in [0.25, 0.3) is 0 Å². The van der Waals surface area contributed by atoms with Gasteiger partial charge in [-0.15, -0.1) is 0 Å². The standard InChI is InChI=1S/C21H18N2O5S/c1-26-14-4-2-13(3-5-14)12-28-15-6-8-16(9-7-15)29-17-10-11-27-19(17)18-20(24)23-21(25)22-18/h2-11,18H,12H2,1H3,(H2,22,23,24,25). The third kappa shape index (κ3) is 4.38. The molecule has 0 spiro atoms. The highest BCUT2D eigenvalue weighted by molar-refractivity contribution is 7.99. The van der Waals surface area contributed by atoms with Gasteiger partial charge in [-0.3, -0.25) is 10.1 Å². The van der Waals surface area contributed by atoms with Crippen molar-refractivity contribution in [3.8, 4) is 11.5 Å². The maximum atomic E-state index is 11.9. The lowest BCUT2D eigenvalue weighted by atomic mass is 10.2. The molecular weight excluding hydrogens is 392 g/mol. The zero-order valence-corrected chi connectivity index (χ0v) is 16.3. The minimum absolute atomic E-state index is 0.415. The zero-order chi connectivity index (χ0) is 20.2. The van der Waals surface area contributed by atoms with Gasteiger partial charge >= 0.3 is 6.03 Å². The summed E-state index contributed by atoms with van der Waals surface area (Å²) in [6.45, 7) is 0.457. The summed E-state index contributed by atoms with van der Waals surface area (Å²) in [5.41, 5.74) is 1.05. The highest BCUT2D eigenvalue weighted by atomic mass is 32.2. The van der Waals surface area contributed by atoms with Gasteiger partial charge < -0.3 is 19.2 Å². The second-order valence-corrected chi connectivity index (χ2v) is 7.37. The number of urea groups is 1. The van der Waals surface area contributed by atoms with Crippen molar-refractivity contribution in [2.45, 2.75) is 22.4 Å². The summed E-state index contributed by atoms with van der Waals surface area (Å²) < 4.78 is 16.4. The zero-order valence-electron chi connectivity index (χ0n) is 15.5. The van der Waals surface area contributed by atoms with Crippen LogP contribution in [0.1, 0.15) is 17.4 Å². The van der Waals surface area contributed by atoms with E-state index in [1.54, 1.807) is 13.2 Å². The van der Waals surface area contributed by atoms with Crippen LogP contribution in [0.3, 0.4) is 0 Å². The first-order valence-corrected chi connectivity index (χ1v) is 9.66. The second-order valence-electron chi connectivity index (χ2n) is 6.26. The average Bonchev–Trinajstić information content (AvgIpc) is 3.33. The molecule has 0 saturated carbocycles. The van der Waals surface area contributed by atoms with Gasteiger partial charge in [0.25, 0.3) is 5.91 Å². The molecule has 0 aliphatic carbocycles. The predicted octanol–water partition coefficient (Wildman–Crippen LogP) is 3.90. The summed E-state index contributed by atoms with van der Waals surface area (Å²) in [5.74, 6) is 1.55. The van der Waals surface area contributed by atoms with Crippen molar-refractivity contribution in [3.05, 3.63) is 72.2 Å². The van der Waals surface area contributed by atoms with E-state index < -0.39 is 18.0 Å². The Bertz CT molecular complexity index is 1010. The van der Waals surface area contributed by atoms with E-state index in [1.807, 2.05) is 48.5 Å². The van der Waals surface area contributed by atoms with E-state index in [1.165, 1.54) is 18.0 Å². The molecule has 7 nitrogen and oxygen atoms in total. The molecule has 29 heavy (non-hydrogen) atoms. The number of imide groups is 1. The average molecular weight is 410 g/mol. The molecule has 2 aromatic carbocycles. The van der Waals surface area contributed by atoms with E-state index in [0.717, 1.165) is 26.9 Å². The SMILES string of the molecule is COc1ccc(COc2ccc(Sc3ccoc3C3NC(=O)NC3=O)cc2)cc1. The molecule has 148 valence electrons. The number of furan rings is 1. The Kier molecular flexibility index (Phi) is 5.44. The molecule has 2 heterocycles. The number of ether oxygens (including phenoxy) is 2. The topological polar surface area (TPSA) is 89.8 Å². The molecule has 1 unspecified atom stereocenters. The van der Waals surface area contributed by atoms with Crippen LogP contribution in [0.2, 0.25) is 0 Å². The van der Waals surface area contributed by atoms with Crippen LogP contribution in [-0.4, -0.2) is 19.0 Å². The minimum atomic E-state index is -0.813. The van der Waals surface area contributed by atoms with Crippen molar-refractivity contribution in [1.82, 2.24) is 10.6 Å². The van der Waals surface area contributed by atoms with Gasteiger partial charge in [0.2, 0.25) is 0 Å². The van der Waals surface area contributed by atoms with Gasteiger partial charge in [0.1, 0.15) is 23.9 Å². The second kappa shape index (κ2) is 8.32. The van der Waals surface area contributed by atoms with E-state index in [-0.39, 0.29) is 0 Å². The highest BCUT2D eigenvalue weighted by Crippen LogP contribution is 2.35. The largest absolute Gasteiger partial charge is 0.497 e. The molecule has 1 fully saturated rings. The summed E-state index contributed by atoms with van der Waals surface area (Å²) >= 11 is 1.44. The number of hydrogen-bond donors (Lipinski definition) is 2. The Morgan fingerprint density at radius 1 is 1.00 bits per heavy atom. The molecule has 4 rings (SSSR count). The number of hydrogen-bond acceptors (Lipinski definition) is 6. The van der Waals surface area contributed by atoms with Crippen LogP contribution in [-0.2, 0) is 11.4 Å². The van der Waals surface area contributed by atoms with E-state index in [4.69, 9.17) is 13.9 Å². The molecule has 2 N–H and O–H groups in total. The van der Waals surface area contributed by atoms with Gasteiger partial charge in [-0.1, -0.05) is 23.9 Å². The van der Waals surface area contributed by atoms with Gasteiger partial charge in [-0.05, 0) is 48.0 Å². The van der Waals surface area contributed by atoms with Crippen molar-refractivity contribution in [2.24, 2.45) is 0 Å². The van der Waals surface area contributed by atoms with Gasteiger partial charge in [0.05, 0.1) is 18.3 Å². The number of rotatable bonds is 7. The first-order valence-electron chi connectivity index (χ1n) is 8.85. The van der Waals surface area contributed by atoms with Crippen molar-refractivity contribution in [2.75, 3.05) is 7.11 Å². The van der Waals surface area contributed by atoms with Gasteiger partial charge in [0, 0.05) is 4.90 Å². The fourth-order valence-corrected chi connectivity index (χ4v) is 3.74. The van der Waals surface area contributed by atoms with E-state index >= 15 is 0 Å². The third-order valence-electron chi connectivity index (χ3n) is 4.31. The third-order valence-corrected chi connectivity index (χ3v) is 5.37. The first kappa shape index (κ1) is 18.9. The Morgan fingerprint density at radius 2 is 1.72 bits per heavy atom. The monoisotopic (exact) mass is 410 g/mol. The van der Waals surface area contributed by atoms with Gasteiger partial charge in [-0.2, -0.15) is 0 Å². The molecule has 1 aliphatic heterocycles. The number of methoxy groups -OCH3 is 1. The molecule has 8 heteroatoms. The van der Waals surface area contributed by atoms with Crippen molar-refractivity contribution in [3.63, 3.8) is 0 Å². The molecule has 3 aromatic rings. The normalized spacial score (nSPS) is 15.7. The maximum Gasteiger partial charge on any atom is 0.322 e. The van der Waals surface area contributed by atoms with E-state index in [2.05, 4.69) is 10.6 Å². The van der Waals surface area contributed by atoms with Crippen LogP contribution < -0.4 is 20.1 Å². The van der Waals surface area contributed by atoms with Crippen LogP contribution in [0.4, 0.5) is 4.79 Å². The number of nitrogens with one attached hydrogen (secondary N) is 2. The number of benzene rings is 2. The Morgan fingerprint density at radius 3 is 2.38 bits per heavy atom. The Balaban J connectivity index is 1.38. The summed E-state index contributed by atoms with van der Waals surface area (Å²) in [7, 11) is 1.64. The summed E-state index contributed by atoms with van der Waals surface area (Å²) in [5, 5.41) is 4.75. The first-order chi connectivity index (χ1) is 14.1. The van der Waals surface area contributed by atoms with Gasteiger partial charge in [0.15, 0.2) is 6.04 Å². The Labute approximate surface area is 171 Å². The van der Waals surface area contributed by atoms with Crippen molar-refractivity contribution >= 4 is 23.7 Å².